The van der Waals surface area contributed by atoms with Gasteiger partial charge in [0.05, 0.1) is 5.56 Å². The van der Waals surface area contributed by atoms with Crippen LogP contribution in [0.25, 0.3) is 0 Å². The molecule has 0 spiro atoms. The van der Waals surface area contributed by atoms with Gasteiger partial charge in [0.1, 0.15) is 11.9 Å². The van der Waals surface area contributed by atoms with E-state index in [9.17, 15) is 9.59 Å². The van der Waals surface area contributed by atoms with Crippen LogP contribution in [-0.4, -0.2) is 53.3 Å². The maximum atomic E-state index is 13.6. The molecule has 0 saturated carbocycles. The summed E-state index contributed by atoms with van der Waals surface area (Å²) >= 11 is 0. The lowest BCUT2D eigenvalue weighted by Gasteiger charge is -2.18. The van der Waals surface area contributed by atoms with Crippen LogP contribution in [0.15, 0.2) is 85.2 Å². The highest BCUT2D eigenvalue weighted by Crippen LogP contribution is 2.31. The summed E-state index contributed by atoms with van der Waals surface area (Å²) in [6.07, 6.45) is 4.61. The van der Waals surface area contributed by atoms with E-state index in [1.165, 1.54) is 0 Å². The zero-order valence-electron chi connectivity index (χ0n) is 21.6. The standard InChI is InChI=1S/C30H32N6O2/c1-35(2)18-7-17-32-29-24(9-5-16-31-29)30(38)33-23-14-12-21(13-15-23)28(37)27-26-11-6-19-36(26)20-22-8-3-4-10-25(22)34-27/h3-6,8-16,19,27,34H,7,17-18,20H2,1-2H3,(H,31,32)(H,33,38). The van der Waals surface area contributed by atoms with Crippen LogP contribution >= 0.6 is 0 Å². The molecule has 1 atom stereocenters. The van der Waals surface area contributed by atoms with Gasteiger partial charge in [-0.15, -0.1) is 0 Å². The monoisotopic (exact) mass is 508 g/mol. The zero-order valence-corrected chi connectivity index (χ0v) is 21.6. The van der Waals surface area contributed by atoms with Crippen LogP contribution in [0.3, 0.4) is 0 Å². The number of nitrogens with zero attached hydrogens (tertiary/aromatic N) is 3. The highest BCUT2D eigenvalue weighted by atomic mass is 16.1. The van der Waals surface area contributed by atoms with Crippen LogP contribution in [0.1, 0.15) is 44.4 Å². The molecule has 0 saturated heterocycles. The van der Waals surface area contributed by atoms with E-state index < -0.39 is 6.04 Å². The van der Waals surface area contributed by atoms with Crippen molar-refractivity contribution < 1.29 is 9.59 Å². The minimum Gasteiger partial charge on any atom is -0.370 e. The maximum absolute atomic E-state index is 13.6. The molecular weight excluding hydrogens is 476 g/mol. The van der Waals surface area contributed by atoms with Crippen molar-refractivity contribution in [2.75, 3.05) is 43.1 Å². The lowest BCUT2D eigenvalue weighted by Crippen LogP contribution is -2.22. The molecule has 1 unspecified atom stereocenters. The fourth-order valence-electron chi connectivity index (χ4n) is 4.66. The molecule has 0 aliphatic carbocycles. The van der Waals surface area contributed by atoms with E-state index in [4.69, 9.17) is 0 Å². The van der Waals surface area contributed by atoms with Crippen molar-refractivity contribution in [2.45, 2.75) is 19.0 Å². The quantitative estimate of drug-likeness (QED) is 0.220. The number of fused-ring (bicyclic) bond motifs is 2. The van der Waals surface area contributed by atoms with Gasteiger partial charge in [0.2, 0.25) is 0 Å². The van der Waals surface area contributed by atoms with Crippen molar-refractivity contribution >= 4 is 28.9 Å². The highest BCUT2D eigenvalue weighted by molar-refractivity contribution is 6.08. The number of nitrogens with one attached hydrogen (secondary N) is 3. The number of rotatable bonds is 9. The van der Waals surface area contributed by atoms with Gasteiger partial charge in [-0.1, -0.05) is 18.2 Å². The largest absolute Gasteiger partial charge is 0.370 e. The van der Waals surface area contributed by atoms with Crippen LogP contribution in [-0.2, 0) is 6.54 Å². The van der Waals surface area contributed by atoms with Crippen molar-refractivity contribution in [2.24, 2.45) is 0 Å². The summed E-state index contributed by atoms with van der Waals surface area (Å²) in [4.78, 5) is 33.1. The molecule has 2 aromatic carbocycles. The van der Waals surface area contributed by atoms with E-state index in [0.717, 1.165) is 36.5 Å². The Labute approximate surface area is 222 Å². The molecule has 0 radical (unpaired) electrons. The van der Waals surface area contributed by atoms with Crippen molar-refractivity contribution in [1.29, 1.82) is 0 Å². The third kappa shape index (κ3) is 5.60. The first-order valence-corrected chi connectivity index (χ1v) is 12.8. The molecule has 8 nitrogen and oxygen atoms in total. The lowest BCUT2D eigenvalue weighted by atomic mass is 10.0. The van der Waals surface area contributed by atoms with Gasteiger partial charge in [-0.05, 0) is 87.2 Å². The van der Waals surface area contributed by atoms with Crippen molar-refractivity contribution in [3.63, 3.8) is 0 Å². The van der Waals surface area contributed by atoms with Crippen LogP contribution < -0.4 is 16.0 Å². The molecule has 1 amide bonds. The Bertz CT molecular complexity index is 1430. The number of hydrogen-bond acceptors (Lipinski definition) is 6. The van der Waals surface area contributed by atoms with E-state index in [2.05, 4.69) is 36.5 Å². The number of hydrogen-bond donors (Lipinski definition) is 3. The number of aromatic nitrogens is 2. The molecule has 4 aromatic rings. The number of anilines is 3. The van der Waals surface area contributed by atoms with Crippen molar-refractivity contribution in [3.8, 4) is 0 Å². The number of ketones is 1. The third-order valence-electron chi connectivity index (χ3n) is 6.63. The van der Waals surface area contributed by atoms with E-state index in [1.807, 2.05) is 50.6 Å². The zero-order chi connectivity index (χ0) is 26.5. The molecule has 8 heteroatoms. The molecule has 1 aliphatic rings. The number of para-hydroxylation sites is 1. The molecule has 2 aromatic heterocycles. The minimum atomic E-state index is -0.509. The molecule has 0 bridgehead atoms. The molecule has 3 N–H and O–H groups in total. The Morgan fingerprint density at radius 3 is 2.66 bits per heavy atom. The van der Waals surface area contributed by atoms with E-state index >= 15 is 0 Å². The van der Waals surface area contributed by atoms with Crippen LogP contribution in [0.2, 0.25) is 0 Å². The highest BCUT2D eigenvalue weighted by Gasteiger charge is 2.28. The average molecular weight is 509 g/mol. The Morgan fingerprint density at radius 1 is 1.03 bits per heavy atom. The third-order valence-corrected chi connectivity index (χ3v) is 6.63. The first-order chi connectivity index (χ1) is 18.5. The Morgan fingerprint density at radius 2 is 1.84 bits per heavy atom. The summed E-state index contributed by atoms with van der Waals surface area (Å²) < 4.78 is 2.11. The number of amides is 1. The number of pyridine rings is 1. The molecule has 5 rings (SSSR count). The lowest BCUT2D eigenvalue weighted by molar-refractivity contribution is 0.0966. The molecule has 0 fully saturated rings. The summed E-state index contributed by atoms with van der Waals surface area (Å²) in [5.41, 5.74) is 4.67. The summed E-state index contributed by atoms with van der Waals surface area (Å²) in [6, 6.07) is 22.0. The predicted octanol–water partition coefficient (Wildman–Crippen LogP) is 4.90. The number of carbonyl (C=O) groups excluding carboxylic acids is 2. The number of Topliss-reactive ketones (excluding diaryl/α,β-unsaturated/α-hetero) is 1. The van der Waals surface area contributed by atoms with Gasteiger partial charge < -0.3 is 25.4 Å². The fraction of sp³-hybridized carbons (Fsp3) is 0.233. The first-order valence-electron chi connectivity index (χ1n) is 12.8. The van der Waals surface area contributed by atoms with Gasteiger partial charge in [-0.2, -0.15) is 0 Å². The van der Waals surface area contributed by atoms with E-state index in [-0.39, 0.29) is 11.7 Å². The maximum Gasteiger partial charge on any atom is 0.259 e. The van der Waals surface area contributed by atoms with Crippen LogP contribution in [0.5, 0.6) is 0 Å². The molecule has 1 aliphatic heterocycles. The van der Waals surface area contributed by atoms with Gasteiger partial charge in [0, 0.05) is 48.1 Å². The molecule has 3 heterocycles. The van der Waals surface area contributed by atoms with Crippen molar-refractivity contribution in [3.05, 3.63) is 108 Å². The Hall–Kier alpha value is -4.43. The summed E-state index contributed by atoms with van der Waals surface area (Å²) in [6.45, 7) is 2.37. The summed E-state index contributed by atoms with van der Waals surface area (Å²) in [5, 5.41) is 9.64. The SMILES string of the molecule is CN(C)CCCNc1ncccc1C(=O)Nc1ccc(C(=O)C2Nc3ccccc3Cn3cccc32)cc1. The summed E-state index contributed by atoms with van der Waals surface area (Å²) in [5.74, 6) is 0.265. The average Bonchev–Trinajstić information content (AvgIpc) is 3.32. The Balaban J connectivity index is 1.28. The normalized spacial score (nSPS) is 14.1. The topological polar surface area (TPSA) is 91.3 Å². The van der Waals surface area contributed by atoms with Crippen molar-refractivity contribution in [1.82, 2.24) is 14.5 Å². The smallest absolute Gasteiger partial charge is 0.259 e. The minimum absolute atomic E-state index is 0.0315. The predicted molar refractivity (Wildman–Crippen MR) is 151 cm³/mol. The summed E-state index contributed by atoms with van der Waals surface area (Å²) in [7, 11) is 4.06. The van der Waals surface area contributed by atoms with Gasteiger partial charge in [0.15, 0.2) is 5.78 Å². The Kier molecular flexibility index (Phi) is 7.51. The van der Waals surface area contributed by atoms with Gasteiger partial charge in [-0.3, -0.25) is 9.59 Å². The number of benzene rings is 2. The number of carbonyl (C=O) groups is 2. The second-order valence-corrected chi connectivity index (χ2v) is 9.67. The fourth-order valence-corrected chi connectivity index (χ4v) is 4.66. The molecule has 38 heavy (non-hydrogen) atoms. The van der Waals surface area contributed by atoms with Gasteiger partial charge in [0.25, 0.3) is 5.91 Å². The second-order valence-electron chi connectivity index (χ2n) is 9.67. The first kappa shape index (κ1) is 25.2. The van der Waals surface area contributed by atoms with Gasteiger partial charge in [-0.25, -0.2) is 4.98 Å². The molecule has 194 valence electrons. The van der Waals surface area contributed by atoms with E-state index in [0.29, 0.717) is 29.2 Å². The van der Waals surface area contributed by atoms with Crippen LogP contribution in [0.4, 0.5) is 17.2 Å². The second kappa shape index (κ2) is 11.3. The van der Waals surface area contributed by atoms with E-state index in [1.54, 1.807) is 42.6 Å². The van der Waals surface area contributed by atoms with Crippen LogP contribution in [0, 0.1) is 0 Å². The molecular formula is C30H32N6O2. The van der Waals surface area contributed by atoms with Gasteiger partial charge >= 0.3 is 0 Å².